The standard InChI is InChI=1S/C19H15BrN6O4/c1-9-5-11(20)3-4-16(9)25-18(27)12(10(2)24-25)8-21-15-6-13-14(23-19(28)22-13)7-17(15)26(29)30/h3-8,24H,1-2H3,(H2,22,23,28). The lowest BCUT2D eigenvalue weighted by atomic mass is 10.2. The molecule has 0 saturated carbocycles. The van der Waals surface area contributed by atoms with E-state index in [2.05, 4.69) is 36.0 Å². The van der Waals surface area contributed by atoms with E-state index in [0.717, 1.165) is 10.0 Å². The zero-order valence-corrected chi connectivity index (χ0v) is 17.4. The summed E-state index contributed by atoms with van der Waals surface area (Å²) in [6.07, 6.45) is 1.29. The fraction of sp³-hybridized carbons (Fsp3) is 0.105. The Kier molecular flexibility index (Phi) is 4.74. The van der Waals surface area contributed by atoms with Gasteiger partial charge < -0.3 is 9.97 Å². The third kappa shape index (κ3) is 3.39. The number of aliphatic imine (C=N–C) groups is 1. The van der Waals surface area contributed by atoms with Crippen molar-refractivity contribution in [2.75, 3.05) is 0 Å². The van der Waals surface area contributed by atoms with Crippen molar-refractivity contribution in [3.8, 4) is 5.69 Å². The van der Waals surface area contributed by atoms with Gasteiger partial charge in [-0.05, 0) is 43.7 Å². The lowest BCUT2D eigenvalue weighted by molar-refractivity contribution is -0.383. The van der Waals surface area contributed by atoms with Crippen molar-refractivity contribution in [2.45, 2.75) is 13.8 Å². The molecule has 0 atom stereocenters. The molecule has 2 aromatic heterocycles. The van der Waals surface area contributed by atoms with Crippen LogP contribution in [0, 0.1) is 24.0 Å². The van der Waals surface area contributed by atoms with Crippen LogP contribution in [0.5, 0.6) is 0 Å². The molecule has 0 spiro atoms. The van der Waals surface area contributed by atoms with Gasteiger partial charge in [-0.1, -0.05) is 15.9 Å². The van der Waals surface area contributed by atoms with Crippen LogP contribution in [-0.4, -0.2) is 30.9 Å². The normalized spacial score (nSPS) is 11.6. The summed E-state index contributed by atoms with van der Waals surface area (Å²) in [5, 5.41) is 14.4. The number of aromatic amines is 3. The number of rotatable bonds is 4. The highest BCUT2D eigenvalue weighted by atomic mass is 79.9. The summed E-state index contributed by atoms with van der Waals surface area (Å²) >= 11 is 3.40. The fourth-order valence-corrected chi connectivity index (χ4v) is 3.67. The van der Waals surface area contributed by atoms with Crippen LogP contribution in [0.25, 0.3) is 16.7 Å². The number of fused-ring (bicyclic) bond motifs is 1. The van der Waals surface area contributed by atoms with Crippen LogP contribution in [0.4, 0.5) is 11.4 Å². The molecule has 0 aliphatic rings. The Labute approximate surface area is 176 Å². The molecule has 2 heterocycles. The highest BCUT2D eigenvalue weighted by Gasteiger charge is 2.17. The van der Waals surface area contributed by atoms with Crippen molar-refractivity contribution < 1.29 is 4.92 Å². The molecule has 0 fully saturated rings. The number of nitrogens with one attached hydrogen (secondary N) is 3. The van der Waals surface area contributed by atoms with Gasteiger partial charge in [0.05, 0.1) is 27.2 Å². The SMILES string of the molecule is Cc1cc(Br)ccc1-n1[nH]c(C)c(C=Nc2cc3[nH]c(=O)[nH]c3cc2[N+](=O)[O-])c1=O. The number of halogens is 1. The van der Waals surface area contributed by atoms with E-state index in [1.54, 1.807) is 13.0 Å². The molecule has 0 aliphatic heterocycles. The second kappa shape index (κ2) is 7.26. The molecule has 30 heavy (non-hydrogen) atoms. The van der Waals surface area contributed by atoms with Gasteiger partial charge in [-0.25, -0.2) is 14.5 Å². The smallest absolute Gasteiger partial charge is 0.306 e. The van der Waals surface area contributed by atoms with Gasteiger partial charge in [0.1, 0.15) is 5.69 Å². The number of nitrogens with zero attached hydrogens (tertiary/aromatic N) is 3. The van der Waals surface area contributed by atoms with Crippen LogP contribution in [0.2, 0.25) is 0 Å². The molecule has 11 heteroatoms. The van der Waals surface area contributed by atoms with Crippen LogP contribution in [0.1, 0.15) is 16.8 Å². The number of hydrogen-bond donors (Lipinski definition) is 3. The van der Waals surface area contributed by atoms with Crippen molar-refractivity contribution >= 4 is 44.6 Å². The van der Waals surface area contributed by atoms with Gasteiger partial charge >= 0.3 is 5.69 Å². The van der Waals surface area contributed by atoms with Crippen LogP contribution in [-0.2, 0) is 0 Å². The Morgan fingerprint density at radius 1 is 1.13 bits per heavy atom. The lowest BCUT2D eigenvalue weighted by Gasteiger charge is -2.06. The Morgan fingerprint density at radius 3 is 2.50 bits per heavy atom. The monoisotopic (exact) mass is 470 g/mol. The highest BCUT2D eigenvalue weighted by Crippen LogP contribution is 2.30. The Hall–Kier alpha value is -3.73. The summed E-state index contributed by atoms with van der Waals surface area (Å²) in [5.74, 6) is 0. The average molecular weight is 471 g/mol. The number of imidazole rings is 1. The largest absolute Gasteiger partial charge is 0.323 e. The van der Waals surface area contributed by atoms with Gasteiger partial charge in [-0.2, -0.15) is 0 Å². The summed E-state index contributed by atoms with van der Waals surface area (Å²) in [5.41, 5.74) is 2.01. The molecule has 152 valence electrons. The number of aryl methyl sites for hydroxylation is 2. The van der Waals surface area contributed by atoms with Crippen LogP contribution >= 0.6 is 15.9 Å². The Balaban J connectivity index is 1.81. The lowest BCUT2D eigenvalue weighted by Crippen LogP contribution is -2.18. The second-order valence-corrected chi connectivity index (χ2v) is 7.62. The molecule has 3 N–H and O–H groups in total. The molecule has 4 aromatic rings. The van der Waals surface area contributed by atoms with Crippen molar-refractivity contribution in [2.24, 2.45) is 4.99 Å². The molecular formula is C19H15BrN6O4. The van der Waals surface area contributed by atoms with Gasteiger partial charge in [-0.15, -0.1) is 0 Å². The summed E-state index contributed by atoms with van der Waals surface area (Å²) in [4.78, 5) is 44.4. The molecule has 0 aliphatic carbocycles. The molecule has 0 saturated heterocycles. The molecular weight excluding hydrogens is 456 g/mol. The fourth-order valence-electron chi connectivity index (χ4n) is 3.19. The van der Waals surface area contributed by atoms with Crippen molar-refractivity contribution in [1.29, 1.82) is 0 Å². The van der Waals surface area contributed by atoms with E-state index in [-0.39, 0.29) is 22.5 Å². The van der Waals surface area contributed by atoms with Crippen molar-refractivity contribution in [3.63, 3.8) is 0 Å². The van der Waals surface area contributed by atoms with E-state index in [0.29, 0.717) is 22.4 Å². The topological polar surface area (TPSA) is 142 Å². The zero-order valence-electron chi connectivity index (χ0n) is 15.8. The molecule has 4 rings (SSSR count). The van der Waals surface area contributed by atoms with Gasteiger partial charge in [0.15, 0.2) is 0 Å². The molecule has 0 radical (unpaired) electrons. The number of nitro benzene ring substituents is 1. The first-order chi connectivity index (χ1) is 14.2. The first-order valence-electron chi connectivity index (χ1n) is 8.77. The van der Waals surface area contributed by atoms with Gasteiger partial charge in [0.25, 0.3) is 11.2 Å². The summed E-state index contributed by atoms with van der Waals surface area (Å²) in [6.45, 7) is 3.60. The highest BCUT2D eigenvalue weighted by molar-refractivity contribution is 9.10. The van der Waals surface area contributed by atoms with E-state index in [4.69, 9.17) is 0 Å². The summed E-state index contributed by atoms with van der Waals surface area (Å²) in [6, 6.07) is 8.14. The number of hydrogen-bond acceptors (Lipinski definition) is 5. The van der Waals surface area contributed by atoms with Crippen LogP contribution in [0.15, 0.2) is 49.4 Å². The number of H-pyrrole nitrogens is 3. The third-order valence-electron chi connectivity index (χ3n) is 4.66. The minimum atomic E-state index is -0.592. The molecule has 0 amide bonds. The first-order valence-corrected chi connectivity index (χ1v) is 9.56. The summed E-state index contributed by atoms with van der Waals surface area (Å²) in [7, 11) is 0. The van der Waals surface area contributed by atoms with Crippen LogP contribution in [0.3, 0.4) is 0 Å². The van der Waals surface area contributed by atoms with Crippen LogP contribution < -0.4 is 11.2 Å². The van der Waals surface area contributed by atoms with E-state index in [9.17, 15) is 19.7 Å². The maximum atomic E-state index is 12.9. The maximum absolute atomic E-state index is 12.9. The average Bonchev–Trinajstić information content (AvgIpc) is 3.17. The van der Waals surface area contributed by atoms with E-state index < -0.39 is 10.6 Å². The second-order valence-electron chi connectivity index (χ2n) is 6.70. The molecule has 2 aromatic carbocycles. The Bertz CT molecular complexity index is 1460. The number of aromatic nitrogens is 4. The van der Waals surface area contributed by atoms with E-state index in [1.165, 1.54) is 23.0 Å². The van der Waals surface area contributed by atoms with Gasteiger partial charge in [0, 0.05) is 22.4 Å². The minimum absolute atomic E-state index is 0.0223. The summed E-state index contributed by atoms with van der Waals surface area (Å²) < 4.78 is 2.30. The number of nitro groups is 1. The first kappa shape index (κ1) is 19.6. The molecule has 0 unspecified atom stereocenters. The number of benzene rings is 2. The third-order valence-corrected chi connectivity index (χ3v) is 5.15. The maximum Gasteiger partial charge on any atom is 0.323 e. The van der Waals surface area contributed by atoms with Gasteiger partial charge in [0.2, 0.25) is 0 Å². The molecule has 10 nitrogen and oxygen atoms in total. The predicted molar refractivity (Wildman–Crippen MR) is 116 cm³/mol. The van der Waals surface area contributed by atoms with Crippen molar-refractivity contribution in [1.82, 2.24) is 19.7 Å². The van der Waals surface area contributed by atoms with Crippen molar-refractivity contribution in [3.05, 3.63) is 82.6 Å². The minimum Gasteiger partial charge on any atom is -0.306 e. The van der Waals surface area contributed by atoms with E-state index in [1.807, 2.05) is 19.1 Å². The predicted octanol–water partition coefficient (Wildman–Crippen LogP) is 3.37. The Morgan fingerprint density at radius 2 is 1.83 bits per heavy atom. The molecule has 0 bridgehead atoms. The van der Waals surface area contributed by atoms with E-state index >= 15 is 0 Å². The zero-order chi connectivity index (χ0) is 21.6. The van der Waals surface area contributed by atoms with Gasteiger partial charge in [-0.3, -0.25) is 20.0 Å². The quantitative estimate of drug-likeness (QED) is 0.238.